The third-order valence-electron chi connectivity index (χ3n) is 5.04. The van der Waals surface area contributed by atoms with Crippen molar-refractivity contribution in [3.63, 3.8) is 0 Å². The molecule has 0 radical (unpaired) electrons. The Bertz CT molecular complexity index is 1100. The van der Waals surface area contributed by atoms with Gasteiger partial charge < -0.3 is 9.80 Å². The minimum absolute atomic E-state index is 0.794. The summed E-state index contributed by atoms with van der Waals surface area (Å²) in [6, 6.07) is 10.5. The molecule has 4 aromatic rings. The number of anilines is 2. The van der Waals surface area contributed by atoms with E-state index in [1.807, 2.05) is 12.1 Å². The number of piperazine rings is 1. The molecule has 1 saturated heterocycles. The maximum Gasteiger partial charge on any atom is 0.186 e. The number of benzene rings is 2. The first-order chi connectivity index (χ1) is 13.1. The second kappa shape index (κ2) is 6.62. The normalized spacial score (nSPS) is 15.2. The molecule has 7 heteroatoms. The van der Waals surface area contributed by atoms with Crippen LogP contribution in [0.15, 0.2) is 30.3 Å². The lowest BCUT2D eigenvalue weighted by molar-refractivity contribution is 0.651. The van der Waals surface area contributed by atoms with Crippen LogP contribution in [0, 0.1) is 13.8 Å². The predicted octanol–water partition coefficient (Wildman–Crippen LogP) is 5.50. The summed E-state index contributed by atoms with van der Waals surface area (Å²) in [6.07, 6.45) is 0. The topological polar surface area (TPSA) is 32.3 Å². The maximum atomic E-state index is 6.37. The lowest BCUT2D eigenvalue weighted by Crippen LogP contribution is -2.46. The SMILES string of the molecule is Cc1ccc2nc(N3CCN(c4nc5c(C)ccc(Cl)c5s4)CC3)sc2c1. The highest BCUT2D eigenvalue weighted by atomic mass is 35.5. The van der Waals surface area contributed by atoms with E-state index in [0.29, 0.717) is 0 Å². The van der Waals surface area contributed by atoms with Crippen molar-refractivity contribution in [1.82, 2.24) is 9.97 Å². The summed E-state index contributed by atoms with van der Waals surface area (Å²) < 4.78 is 2.36. The van der Waals surface area contributed by atoms with Gasteiger partial charge in [0, 0.05) is 26.2 Å². The third kappa shape index (κ3) is 3.06. The van der Waals surface area contributed by atoms with Gasteiger partial charge in [-0.1, -0.05) is 46.4 Å². The molecule has 0 spiro atoms. The van der Waals surface area contributed by atoms with E-state index in [2.05, 4.69) is 41.8 Å². The number of halogens is 1. The van der Waals surface area contributed by atoms with Crippen molar-refractivity contribution >= 4 is 65.0 Å². The lowest BCUT2D eigenvalue weighted by atomic mass is 10.2. The Morgan fingerprint density at radius 2 is 1.59 bits per heavy atom. The Balaban J connectivity index is 1.36. The van der Waals surface area contributed by atoms with E-state index in [-0.39, 0.29) is 0 Å². The van der Waals surface area contributed by atoms with Crippen LogP contribution in [0.5, 0.6) is 0 Å². The number of rotatable bonds is 2. The summed E-state index contributed by atoms with van der Waals surface area (Å²) in [5.74, 6) is 0. The van der Waals surface area contributed by atoms with Crippen LogP contribution in [-0.4, -0.2) is 36.1 Å². The molecule has 2 aromatic carbocycles. The van der Waals surface area contributed by atoms with E-state index in [1.165, 1.54) is 15.8 Å². The summed E-state index contributed by atoms with van der Waals surface area (Å²) in [7, 11) is 0. The van der Waals surface area contributed by atoms with Crippen molar-refractivity contribution in [3.8, 4) is 0 Å². The number of aromatic nitrogens is 2. The van der Waals surface area contributed by atoms with Crippen LogP contribution in [0.1, 0.15) is 11.1 Å². The van der Waals surface area contributed by atoms with Crippen LogP contribution >= 0.6 is 34.3 Å². The Labute approximate surface area is 171 Å². The van der Waals surface area contributed by atoms with Crippen molar-refractivity contribution in [2.24, 2.45) is 0 Å². The molecule has 3 heterocycles. The van der Waals surface area contributed by atoms with Gasteiger partial charge in [-0.3, -0.25) is 0 Å². The zero-order chi connectivity index (χ0) is 18.5. The number of hydrogen-bond donors (Lipinski definition) is 0. The second-order valence-electron chi connectivity index (χ2n) is 6.98. The van der Waals surface area contributed by atoms with Crippen LogP contribution < -0.4 is 9.80 Å². The van der Waals surface area contributed by atoms with Gasteiger partial charge in [-0.15, -0.1) is 0 Å². The quantitative estimate of drug-likeness (QED) is 0.433. The molecular weight excluding hydrogens is 396 g/mol. The first kappa shape index (κ1) is 17.2. The monoisotopic (exact) mass is 414 g/mol. The van der Waals surface area contributed by atoms with Crippen LogP contribution in [0.4, 0.5) is 10.3 Å². The fourth-order valence-corrected chi connectivity index (χ4v) is 5.95. The highest BCUT2D eigenvalue weighted by Gasteiger charge is 2.23. The van der Waals surface area contributed by atoms with Gasteiger partial charge in [0.25, 0.3) is 0 Å². The molecule has 1 fully saturated rings. The second-order valence-corrected chi connectivity index (χ2v) is 9.37. The molecule has 2 aromatic heterocycles. The van der Waals surface area contributed by atoms with E-state index in [1.54, 1.807) is 22.7 Å². The molecule has 4 nitrogen and oxygen atoms in total. The van der Waals surface area contributed by atoms with Gasteiger partial charge in [0.2, 0.25) is 0 Å². The Morgan fingerprint density at radius 3 is 2.30 bits per heavy atom. The summed E-state index contributed by atoms with van der Waals surface area (Å²) in [6.45, 7) is 8.04. The van der Waals surface area contributed by atoms with Gasteiger partial charge in [-0.25, -0.2) is 9.97 Å². The molecule has 1 aliphatic heterocycles. The highest BCUT2D eigenvalue weighted by Crippen LogP contribution is 2.36. The number of fused-ring (bicyclic) bond motifs is 2. The molecule has 27 heavy (non-hydrogen) atoms. The van der Waals surface area contributed by atoms with Crippen molar-refractivity contribution in [3.05, 3.63) is 46.5 Å². The summed E-state index contributed by atoms with van der Waals surface area (Å²) >= 11 is 9.86. The van der Waals surface area contributed by atoms with Gasteiger partial charge in [0.1, 0.15) is 0 Å². The van der Waals surface area contributed by atoms with Crippen molar-refractivity contribution in [2.75, 3.05) is 36.0 Å². The first-order valence-electron chi connectivity index (χ1n) is 9.01. The highest BCUT2D eigenvalue weighted by molar-refractivity contribution is 7.23. The fraction of sp³-hybridized carbons (Fsp3) is 0.300. The largest absolute Gasteiger partial charge is 0.345 e. The molecule has 0 bridgehead atoms. The standard InChI is InChI=1S/C20H19ClN4S2/c1-12-3-6-15-16(11-12)26-19(22-15)24-7-9-25(10-8-24)20-23-17-13(2)4-5-14(21)18(17)27-20/h3-6,11H,7-10H2,1-2H3. The van der Waals surface area contributed by atoms with Crippen LogP contribution in [0.25, 0.3) is 20.4 Å². The molecule has 5 rings (SSSR count). The lowest BCUT2D eigenvalue weighted by Gasteiger charge is -2.34. The van der Waals surface area contributed by atoms with Crippen molar-refractivity contribution in [2.45, 2.75) is 13.8 Å². The third-order valence-corrected chi connectivity index (χ3v) is 7.69. The molecule has 0 saturated carbocycles. The average molecular weight is 415 g/mol. The predicted molar refractivity (Wildman–Crippen MR) is 118 cm³/mol. The molecular formula is C20H19ClN4S2. The van der Waals surface area contributed by atoms with E-state index >= 15 is 0 Å². The van der Waals surface area contributed by atoms with Gasteiger partial charge in [0.05, 0.1) is 25.5 Å². The van der Waals surface area contributed by atoms with Crippen molar-refractivity contribution < 1.29 is 0 Å². The number of aryl methyl sites for hydroxylation is 2. The minimum Gasteiger partial charge on any atom is -0.345 e. The summed E-state index contributed by atoms with van der Waals surface area (Å²) in [5.41, 5.74) is 4.60. The molecule has 1 aliphatic rings. The van der Waals surface area contributed by atoms with E-state index < -0.39 is 0 Å². The first-order valence-corrected chi connectivity index (χ1v) is 11.0. The molecule has 138 valence electrons. The van der Waals surface area contributed by atoms with E-state index in [4.69, 9.17) is 21.6 Å². The van der Waals surface area contributed by atoms with Crippen LogP contribution in [0.3, 0.4) is 0 Å². The maximum absolute atomic E-state index is 6.37. The molecule has 0 unspecified atom stereocenters. The van der Waals surface area contributed by atoms with E-state index in [9.17, 15) is 0 Å². The average Bonchev–Trinajstić information content (AvgIpc) is 3.30. The van der Waals surface area contributed by atoms with Gasteiger partial charge >= 0.3 is 0 Å². The summed E-state index contributed by atoms with van der Waals surface area (Å²) in [4.78, 5) is 14.5. The van der Waals surface area contributed by atoms with E-state index in [0.717, 1.165) is 57.2 Å². The smallest absolute Gasteiger partial charge is 0.186 e. The Morgan fingerprint density at radius 1 is 0.889 bits per heavy atom. The van der Waals surface area contributed by atoms with Gasteiger partial charge in [-0.2, -0.15) is 0 Å². The molecule has 0 N–H and O–H groups in total. The number of hydrogen-bond acceptors (Lipinski definition) is 6. The molecule has 0 atom stereocenters. The Hall–Kier alpha value is -1.89. The van der Waals surface area contributed by atoms with Gasteiger partial charge in [-0.05, 0) is 43.2 Å². The number of nitrogens with zero attached hydrogens (tertiary/aromatic N) is 4. The fourth-order valence-electron chi connectivity index (χ4n) is 3.47. The summed E-state index contributed by atoms with van der Waals surface area (Å²) in [5, 5.41) is 2.99. The zero-order valence-corrected chi connectivity index (χ0v) is 17.6. The molecule has 0 aliphatic carbocycles. The zero-order valence-electron chi connectivity index (χ0n) is 15.2. The van der Waals surface area contributed by atoms with Crippen LogP contribution in [-0.2, 0) is 0 Å². The minimum atomic E-state index is 0.794. The van der Waals surface area contributed by atoms with Gasteiger partial charge in [0.15, 0.2) is 10.3 Å². The number of thiazole rings is 2. The molecule has 0 amide bonds. The van der Waals surface area contributed by atoms with Crippen LogP contribution in [0.2, 0.25) is 5.02 Å². The van der Waals surface area contributed by atoms with Crippen molar-refractivity contribution in [1.29, 1.82) is 0 Å². The Kier molecular flexibility index (Phi) is 4.22.